The summed E-state index contributed by atoms with van der Waals surface area (Å²) in [6.07, 6.45) is 59.6. The Hall–Kier alpha value is -2.11. The van der Waals surface area contributed by atoms with Crippen LogP contribution in [0.15, 0.2) is 60.8 Å². The van der Waals surface area contributed by atoms with Gasteiger partial charge in [-0.25, -0.2) is 0 Å². The van der Waals surface area contributed by atoms with Crippen LogP contribution in [0.4, 0.5) is 0 Å². The van der Waals surface area contributed by atoms with Crippen LogP contribution in [0.5, 0.6) is 0 Å². The van der Waals surface area contributed by atoms with Crippen LogP contribution in [0, 0.1) is 0 Å². The minimum atomic E-state index is -1.55. The lowest BCUT2D eigenvalue weighted by Gasteiger charge is -2.40. The molecular weight excluding hydrogens is 863 g/mol. The Morgan fingerprint density at radius 1 is 0.507 bits per heavy atom. The molecular formula is C60H109NO8. The maximum absolute atomic E-state index is 13.1. The number of allylic oxidation sites excluding steroid dienone is 10. The van der Waals surface area contributed by atoms with Gasteiger partial charge >= 0.3 is 0 Å². The van der Waals surface area contributed by atoms with Crippen molar-refractivity contribution < 1.29 is 39.8 Å². The van der Waals surface area contributed by atoms with Gasteiger partial charge in [-0.1, -0.05) is 254 Å². The molecule has 9 heteroatoms. The Kier molecular flexibility index (Phi) is 46.5. The highest BCUT2D eigenvalue weighted by atomic mass is 16.7. The Morgan fingerprint density at radius 2 is 0.899 bits per heavy atom. The normalized spacial score (nSPS) is 19.9. The van der Waals surface area contributed by atoms with E-state index in [9.17, 15) is 30.3 Å². The summed E-state index contributed by atoms with van der Waals surface area (Å²) in [4.78, 5) is 13.1. The average Bonchev–Trinajstić information content (AvgIpc) is 3.35. The number of carbonyl (C=O) groups is 1. The second-order valence-corrected chi connectivity index (χ2v) is 20.1. The summed E-state index contributed by atoms with van der Waals surface area (Å²) in [5, 5.41) is 54.7. The van der Waals surface area contributed by atoms with Gasteiger partial charge in [-0.2, -0.15) is 0 Å². The van der Waals surface area contributed by atoms with Crippen LogP contribution in [0.2, 0.25) is 0 Å². The van der Waals surface area contributed by atoms with Gasteiger partial charge in [0.15, 0.2) is 6.29 Å². The molecule has 7 unspecified atom stereocenters. The summed E-state index contributed by atoms with van der Waals surface area (Å²) in [7, 11) is 0. The van der Waals surface area contributed by atoms with Crippen molar-refractivity contribution in [3.8, 4) is 0 Å². The van der Waals surface area contributed by atoms with Gasteiger partial charge in [-0.3, -0.25) is 4.79 Å². The lowest BCUT2D eigenvalue weighted by Crippen LogP contribution is -2.60. The first-order valence-electron chi connectivity index (χ1n) is 29.0. The number of rotatable bonds is 49. The molecule has 1 fully saturated rings. The Bertz CT molecular complexity index is 1270. The first-order chi connectivity index (χ1) is 33.8. The monoisotopic (exact) mass is 972 g/mol. The molecule has 0 aromatic rings. The van der Waals surface area contributed by atoms with Crippen molar-refractivity contribution in [3.05, 3.63) is 60.8 Å². The van der Waals surface area contributed by atoms with Crippen molar-refractivity contribution in [2.45, 2.75) is 301 Å². The molecule has 69 heavy (non-hydrogen) atoms. The highest BCUT2D eigenvalue weighted by molar-refractivity contribution is 5.76. The first kappa shape index (κ1) is 64.9. The molecule has 9 nitrogen and oxygen atoms in total. The Morgan fingerprint density at radius 3 is 1.33 bits per heavy atom. The van der Waals surface area contributed by atoms with E-state index in [0.717, 1.165) is 70.6 Å². The average molecular weight is 973 g/mol. The van der Waals surface area contributed by atoms with Gasteiger partial charge in [0.05, 0.1) is 25.4 Å². The number of amides is 1. The van der Waals surface area contributed by atoms with Crippen molar-refractivity contribution >= 4 is 5.91 Å². The summed E-state index contributed by atoms with van der Waals surface area (Å²) in [5.74, 6) is -0.145. The smallest absolute Gasteiger partial charge is 0.220 e. The van der Waals surface area contributed by atoms with E-state index in [0.29, 0.717) is 12.8 Å². The van der Waals surface area contributed by atoms with Crippen molar-refractivity contribution in [2.24, 2.45) is 0 Å². The summed E-state index contributed by atoms with van der Waals surface area (Å²) in [6.45, 7) is 3.74. The third-order valence-electron chi connectivity index (χ3n) is 13.6. The van der Waals surface area contributed by atoms with Gasteiger partial charge in [0, 0.05) is 6.42 Å². The van der Waals surface area contributed by atoms with Crippen LogP contribution < -0.4 is 5.32 Å². The van der Waals surface area contributed by atoms with E-state index in [2.05, 4.69) is 79.9 Å². The van der Waals surface area contributed by atoms with Gasteiger partial charge in [-0.15, -0.1) is 0 Å². The predicted octanol–water partition coefficient (Wildman–Crippen LogP) is 14.3. The van der Waals surface area contributed by atoms with Crippen LogP contribution in [0.3, 0.4) is 0 Å². The number of nitrogens with one attached hydrogen (secondary N) is 1. The van der Waals surface area contributed by atoms with Crippen LogP contribution in [0.25, 0.3) is 0 Å². The summed E-state index contributed by atoms with van der Waals surface area (Å²) >= 11 is 0. The molecule has 0 saturated carbocycles. The topological polar surface area (TPSA) is 149 Å². The summed E-state index contributed by atoms with van der Waals surface area (Å²) < 4.78 is 11.3. The van der Waals surface area contributed by atoms with Crippen molar-refractivity contribution in [3.63, 3.8) is 0 Å². The van der Waals surface area contributed by atoms with Crippen LogP contribution >= 0.6 is 0 Å². The molecule has 6 N–H and O–H groups in total. The standard InChI is InChI=1S/C60H109NO8/c1-3-5-7-9-11-13-15-17-19-21-22-23-24-25-26-27-28-29-30-31-32-34-36-38-40-42-44-46-48-50-56(64)61-53(52-68-60-59(67)58(66)57(65)55(51-62)69-60)54(63)49-47-45-43-41-39-37-35-33-20-18-16-14-12-10-8-6-4-2/h5,7,11,13,17,19,22-23,25-26,53-55,57-60,62-63,65-67H,3-4,6,8-10,12,14-16,18,20-21,24,27-52H2,1-2H3,(H,61,64)/b7-5-,13-11-,19-17-,23-22-,26-25-. The van der Waals surface area contributed by atoms with E-state index in [1.807, 2.05) is 0 Å². The lowest BCUT2D eigenvalue weighted by molar-refractivity contribution is -0.302. The van der Waals surface area contributed by atoms with E-state index in [-0.39, 0.29) is 12.5 Å². The van der Waals surface area contributed by atoms with Crippen LogP contribution in [0.1, 0.15) is 258 Å². The molecule has 0 spiro atoms. The highest BCUT2D eigenvalue weighted by Crippen LogP contribution is 2.23. The highest BCUT2D eigenvalue weighted by Gasteiger charge is 2.44. The molecule has 1 aliphatic heterocycles. The van der Waals surface area contributed by atoms with E-state index in [1.54, 1.807) is 0 Å². The van der Waals surface area contributed by atoms with E-state index >= 15 is 0 Å². The zero-order valence-corrected chi connectivity index (χ0v) is 44.6. The van der Waals surface area contributed by atoms with Gasteiger partial charge in [0.1, 0.15) is 24.4 Å². The number of unbranched alkanes of at least 4 members (excludes halogenated alkanes) is 29. The largest absolute Gasteiger partial charge is 0.394 e. The fourth-order valence-electron chi connectivity index (χ4n) is 9.07. The zero-order chi connectivity index (χ0) is 50.1. The third-order valence-corrected chi connectivity index (χ3v) is 13.6. The minimum Gasteiger partial charge on any atom is -0.394 e. The van der Waals surface area contributed by atoms with Crippen LogP contribution in [-0.2, 0) is 14.3 Å². The molecule has 0 bridgehead atoms. The third kappa shape index (κ3) is 39.1. The number of ether oxygens (including phenoxy) is 2. The summed E-state index contributed by atoms with van der Waals surface area (Å²) in [5.41, 5.74) is 0. The van der Waals surface area contributed by atoms with Gasteiger partial charge in [0.25, 0.3) is 0 Å². The van der Waals surface area contributed by atoms with Crippen molar-refractivity contribution in [1.29, 1.82) is 0 Å². The Labute approximate surface area is 424 Å². The van der Waals surface area contributed by atoms with Gasteiger partial charge < -0.3 is 40.3 Å². The molecule has 0 radical (unpaired) electrons. The zero-order valence-electron chi connectivity index (χ0n) is 44.6. The second kappa shape index (κ2) is 49.5. The van der Waals surface area contributed by atoms with E-state index in [1.165, 1.54) is 161 Å². The maximum Gasteiger partial charge on any atom is 0.220 e. The molecule has 402 valence electrons. The number of carbonyl (C=O) groups excluding carboxylic acids is 1. The fraction of sp³-hybridized carbons (Fsp3) is 0.817. The van der Waals surface area contributed by atoms with Crippen LogP contribution in [-0.4, -0.2) is 87.5 Å². The predicted molar refractivity (Wildman–Crippen MR) is 290 cm³/mol. The number of hydrogen-bond acceptors (Lipinski definition) is 8. The first-order valence-corrected chi connectivity index (χ1v) is 29.0. The minimum absolute atomic E-state index is 0.139. The molecule has 0 aromatic heterocycles. The molecule has 1 saturated heterocycles. The Balaban J connectivity index is 2.18. The quantitative estimate of drug-likeness (QED) is 0.0261. The second-order valence-electron chi connectivity index (χ2n) is 20.1. The molecule has 1 aliphatic rings. The maximum atomic E-state index is 13.1. The molecule has 0 aliphatic carbocycles. The van der Waals surface area contributed by atoms with Gasteiger partial charge in [-0.05, 0) is 57.8 Å². The fourth-order valence-corrected chi connectivity index (χ4v) is 9.07. The van der Waals surface area contributed by atoms with Gasteiger partial charge in [0.2, 0.25) is 5.91 Å². The number of aliphatic hydroxyl groups excluding tert-OH is 5. The molecule has 1 rings (SSSR count). The molecule has 1 heterocycles. The molecule has 0 aromatic carbocycles. The SMILES string of the molecule is CC/C=C\C/C=C\C/C=C\C/C=C\C/C=C\CCCCCCCCCCCCCCCC(=O)NC(COC1OC(CO)C(O)C(O)C1O)C(O)CCCCCCCCCCCCCCCCCCC. The van der Waals surface area contributed by atoms with E-state index in [4.69, 9.17) is 9.47 Å². The number of aliphatic hydroxyl groups is 5. The molecule has 1 amide bonds. The number of hydrogen-bond donors (Lipinski definition) is 6. The van der Waals surface area contributed by atoms with Crippen molar-refractivity contribution in [2.75, 3.05) is 13.2 Å². The molecule has 7 atom stereocenters. The van der Waals surface area contributed by atoms with Crippen molar-refractivity contribution in [1.82, 2.24) is 5.32 Å². The summed E-state index contributed by atoms with van der Waals surface area (Å²) in [6, 6.07) is -0.722. The van der Waals surface area contributed by atoms with E-state index < -0.39 is 49.5 Å². The lowest BCUT2D eigenvalue weighted by atomic mass is 9.99.